The summed E-state index contributed by atoms with van der Waals surface area (Å²) in [6.45, 7) is 7.13. The number of H-pyrrole nitrogens is 1. The van der Waals surface area contributed by atoms with Crippen LogP contribution < -0.4 is 5.32 Å². The Morgan fingerprint density at radius 2 is 2.13 bits per heavy atom. The monoisotopic (exact) mass is 205 g/mol. The lowest BCUT2D eigenvalue weighted by atomic mass is 10.1. The SMILES string of the molecule is C#CC(C)(C)NC(=O)c1c(C)n[nH]c1C. The molecule has 1 amide bonds. The Morgan fingerprint density at radius 3 is 2.53 bits per heavy atom. The van der Waals surface area contributed by atoms with Gasteiger partial charge >= 0.3 is 0 Å². The zero-order chi connectivity index (χ0) is 11.6. The molecule has 1 heterocycles. The zero-order valence-corrected chi connectivity index (χ0v) is 9.43. The number of aromatic nitrogens is 2. The van der Waals surface area contributed by atoms with Crippen molar-refractivity contribution in [2.45, 2.75) is 33.2 Å². The predicted octanol–water partition coefficient (Wildman–Crippen LogP) is 1.17. The van der Waals surface area contributed by atoms with Gasteiger partial charge in [-0.25, -0.2) is 0 Å². The molecule has 15 heavy (non-hydrogen) atoms. The van der Waals surface area contributed by atoms with Crippen LogP contribution in [0, 0.1) is 26.2 Å². The summed E-state index contributed by atoms with van der Waals surface area (Å²) in [5.41, 5.74) is 1.35. The molecule has 4 heteroatoms. The van der Waals surface area contributed by atoms with Crippen molar-refractivity contribution in [2.24, 2.45) is 0 Å². The molecule has 0 atom stereocenters. The number of nitrogens with one attached hydrogen (secondary N) is 2. The zero-order valence-electron chi connectivity index (χ0n) is 9.43. The standard InChI is InChI=1S/C11H15N3O/c1-6-11(4,5)12-10(15)9-7(2)13-14-8(9)3/h1H,2-5H3,(H,12,15)(H,13,14). The van der Waals surface area contributed by atoms with Gasteiger partial charge in [0.25, 0.3) is 5.91 Å². The molecule has 0 bridgehead atoms. The fourth-order valence-electron chi connectivity index (χ4n) is 1.27. The summed E-state index contributed by atoms with van der Waals surface area (Å²) in [6, 6.07) is 0. The van der Waals surface area contributed by atoms with Crippen molar-refractivity contribution in [1.82, 2.24) is 15.5 Å². The first kappa shape index (κ1) is 11.3. The first-order valence-corrected chi connectivity index (χ1v) is 4.69. The third-order valence-electron chi connectivity index (χ3n) is 2.14. The van der Waals surface area contributed by atoms with Crippen LogP contribution in [0.5, 0.6) is 0 Å². The van der Waals surface area contributed by atoms with E-state index in [-0.39, 0.29) is 5.91 Å². The Morgan fingerprint density at radius 1 is 1.53 bits per heavy atom. The van der Waals surface area contributed by atoms with Crippen molar-refractivity contribution in [2.75, 3.05) is 0 Å². The second kappa shape index (κ2) is 3.77. The predicted molar refractivity (Wildman–Crippen MR) is 58.4 cm³/mol. The number of hydrogen-bond donors (Lipinski definition) is 2. The van der Waals surface area contributed by atoms with Gasteiger partial charge in [-0.1, -0.05) is 5.92 Å². The van der Waals surface area contributed by atoms with Gasteiger partial charge in [-0.15, -0.1) is 6.42 Å². The third-order valence-corrected chi connectivity index (χ3v) is 2.14. The van der Waals surface area contributed by atoms with E-state index in [4.69, 9.17) is 6.42 Å². The van der Waals surface area contributed by atoms with E-state index in [0.717, 1.165) is 5.69 Å². The summed E-state index contributed by atoms with van der Waals surface area (Å²) in [7, 11) is 0. The maximum Gasteiger partial charge on any atom is 0.256 e. The first-order valence-electron chi connectivity index (χ1n) is 4.69. The molecule has 0 saturated heterocycles. The van der Waals surface area contributed by atoms with Gasteiger partial charge in [-0.05, 0) is 27.7 Å². The number of carbonyl (C=O) groups excluding carboxylic acids is 1. The van der Waals surface area contributed by atoms with E-state index in [2.05, 4.69) is 21.4 Å². The van der Waals surface area contributed by atoms with Crippen molar-refractivity contribution in [3.63, 3.8) is 0 Å². The van der Waals surface area contributed by atoms with Crippen LogP contribution in [0.4, 0.5) is 0 Å². The molecule has 80 valence electrons. The molecule has 0 unspecified atom stereocenters. The highest BCUT2D eigenvalue weighted by Crippen LogP contribution is 2.11. The molecule has 2 N–H and O–H groups in total. The fraction of sp³-hybridized carbons (Fsp3) is 0.455. The minimum Gasteiger partial charge on any atom is -0.336 e. The maximum absolute atomic E-state index is 11.9. The summed E-state index contributed by atoms with van der Waals surface area (Å²) in [5, 5.41) is 9.47. The number of aromatic amines is 1. The average molecular weight is 205 g/mol. The number of hydrogen-bond acceptors (Lipinski definition) is 2. The quantitative estimate of drug-likeness (QED) is 0.712. The normalized spacial score (nSPS) is 10.9. The minimum atomic E-state index is -0.646. The van der Waals surface area contributed by atoms with E-state index in [0.29, 0.717) is 11.3 Å². The van der Waals surface area contributed by atoms with Gasteiger partial charge < -0.3 is 5.32 Å². The van der Waals surface area contributed by atoms with E-state index in [1.54, 1.807) is 27.7 Å². The second-order valence-corrected chi connectivity index (χ2v) is 4.03. The summed E-state index contributed by atoms with van der Waals surface area (Å²) in [4.78, 5) is 11.9. The van der Waals surface area contributed by atoms with Crippen LogP contribution in [0.1, 0.15) is 35.6 Å². The number of amides is 1. The van der Waals surface area contributed by atoms with Gasteiger partial charge in [0.1, 0.15) is 0 Å². The first-order chi connectivity index (χ1) is 6.87. The van der Waals surface area contributed by atoms with Crippen LogP contribution in [0.25, 0.3) is 0 Å². The smallest absolute Gasteiger partial charge is 0.256 e. The van der Waals surface area contributed by atoms with E-state index in [9.17, 15) is 4.79 Å². The van der Waals surface area contributed by atoms with Crippen molar-refractivity contribution in [3.8, 4) is 12.3 Å². The van der Waals surface area contributed by atoms with Crippen LogP contribution in [0.2, 0.25) is 0 Å². The summed E-state index contributed by atoms with van der Waals surface area (Å²) in [5.74, 6) is 2.32. The lowest BCUT2D eigenvalue weighted by Crippen LogP contribution is -2.42. The number of terminal acetylenes is 1. The van der Waals surface area contributed by atoms with E-state index in [1.807, 2.05) is 0 Å². The highest BCUT2D eigenvalue weighted by Gasteiger charge is 2.21. The fourth-order valence-corrected chi connectivity index (χ4v) is 1.27. The highest BCUT2D eigenvalue weighted by molar-refractivity contribution is 5.96. The van der Waals surface area contributed by atoms with Crippen LogP contribution in [0.3, 0.4) is 0 Å². The Hall–Kier alpha value is -1.76. The lowest BCUT2D eigenvalue weighted by molar-refractivity contribution is 0.0928. The average Bonchev–Trinajstić information content (AvgIpc) is 2.45. The summed E-state index contributed by atoms with van der Waals surface area (Å²) < 4.78 is 0. The van der Waals surface area contributed by atoms with Crippen LogP contribution >= 0.6 is 0 Å². The van der Waals surface area contributed by atoms with E-state index >= 15 is 0 Å². The molecule has 1 aromatic rings. The topological polar surface area (TPSA) is 57.8 Å². The largest absolute Gasteiger partial charge is 0.336 e. The third kappa shape index (κ3) is 2.38. The van der Waals surface area contributed by atoms with Gasteiger partial charge in [-0.2, -0.15) is 5.10 Å². The van der Waals surface area contributed by atoms with Gasteiger partial charge in [0.2, 0.25) is 0 Å². The number of nitrogens with zero attached hydrogens (tertiary/aromatic N) is 1. The number of aryl methyl sites for hydroxylation is 2. The number of rotatable bonds is 2. The minimum absolute atomic E-state index is 0.193. The maximum atomic E-state index is 11.9. The van der Waals surface area contributed by atoms with Crippen molar-refractivity contribution >= 4 is 5.91 Å². The molecule has 0 spiro atoms. The molecule has 0 aliphatic carbocycles. The van der Waals surface area contributed by atoms with Gasteiger partial charge in [-0.3, -0.25) is 9.89 Å². The Kier molecular flexibility index (Phi) is 2.85. The molecule has 0 radical (unpaired) electrons. The molecule has 0 aliphatic heterocycles. The molecular formula is C11H15N3O. The van der Waals surface area contributed by atoms with Gasteiger partial charge in [0.15, 0.2) is 0 Å². The molecule has 1 aromatic heterocycles. The van der Waals surface area contributed by atoms with Gasteiger partial charge in [0.05, 0.1) is 16.8 Å². The summed E-state index contributed by atoms with van der Waals surface area (Å²) >= 11 is 0. The van der Waals surface area contributed by atoms with E-state index < -0.39 is 5.54 Å². The van der Waals surface area contributed by atoms with E-state index in [1.165, 1.54) is 0 Å². The second-order valence-electron chi connectivity index (χ2n) is 4.03. The van der Waals surface area contributed by atoms with Crippen molar-refractivity contribution in [3.05, 3.63) is 17.0 Å². The summed E-state index contributed by atoms with van der Waals surface area (Å²) in [6.07, 6.45) is 5.30. The molecule has 0 saturated carbocycles. The van der Waals surface area contributed by atoms with Crippen LogP contribution in [-0.2, 0) is 0 Å². The highest BCUT2D eigenvalue weighted by atomic mass is 16.1. The van der Waals surface area contributed by atoms with Gasteiger partial charge in [0, 0.05) is 5.69 Å². The molecule has 0 aliphatic rings. The molecule has 4 nitrogen and oxygen atoms in total. The van der Waals surface area contributed by atoms with Crippen LogP contribution in [-0.4, -0.2) is 21.6 Å². The van der Waals surface area contributed by atoms with Crippen molar-refractivity contribution < 1.29 is 4.79 Å². The Balaban J connectivity index is 2.93. The Labute approximate surface area is 89.5 Å². The van der Waals surface area contributed by atoms with Crippen molar-refractivity contribution in [1.29, 1.82) is 0 Å². The van der Waals surface area contributed by atoms with Crippen LogP contribution in [0.15, 0.2) is 0 Å². The molecular weight excluding hydrogens is 190 g/mol. The Bertz CT molecular complexity index is 404. The molecule has 0 fully saturated rings. The molecule has 0 aromatic carbocycles. The molecule has 1 rings (SSSR count). The number of carbonyl (C=O) groups is 1. The lowest BCUT2D eigenvalue weighted by Gasteiger charge is -2.19.